The molecule has 3 rings (SSSR count). The Balaban J connectivity index is 1.56. The van der Waals surface area contributed by atoms with Crippen LogP contribution >= 0.6 is 27.3 Å². The van der Waals surface area contributed by atoms with Crippen molar-refractivity contribution in [3.05, 3.63) is 57.9 Å². The predicted molar refractivity (Wildman–Crippen MR) is 112 cm³/mol. The number of hydrogen-bond acceptors (Lipinski definition) is 5. The molecule has 1 amide bonds. The maximum absolute atomic E-state index is 12.1. The number of halogens is 1. The minimum atomic E-state index is -0.247. The average Bonchev–Trinajstić information content (AvgIpc) is 3.12. The van der Waals surface area contributed by atoms with Crippen LogP contribution in [-0.4, -0.2) is 24.1 Å². The monoisotopic (exact) mass is 446 g/mol. The zero-order valence-corrected chi connectivity index (χ0v) is 17.4. The molecule has 5 nitrogen and oxygen atoms in total. The quantitative estimate of drug-likeness (QED) is 0.534. The van der Waals surface area contributed by atoms with E-state index in [9.17, 15) is 4.79 Å². The molecule has 0 radical (unpaired) electrons. The summed E-state index contributed by atoms with van der Waals surface area (Å²) in [6, 6.07) is 13.3. The molecule has 0 aliphatic rings. The second-order valence-electron chi connectivity index (χ2n) is 5.74. The van der Waals surface area contributed by atoms with Crippen molar-refractivity contribution in [1.29, 1.82) is 0 Å². The number of carbonyl (C=O) groups excluding carboxylic acids is 1. The molecule has 27 heavy (non-hydrogen) atoms. The van der Waals surface area contributed by atoms with Gasteiger partial charge in [0.15, 0.2) is 11.7 Å². The topological polar surface area (TPSA) is 60.5 Å². The number of amides is 1. The van der Waals surface area contributed by atoms with Crippen LogP contribution in [0, 0.1) is 6.92 Å². The second kappa shape index (κ2) is 9.01. The molecular weight excluding hydrogens is 428 g/mol. The summed E-state index contributed by atoms with van der Waals surface area (Å²) >= 11 is 4.82. The molecule has 0 aliphatic heterocycles. The Kier molecular flexibility index (Phi) is 6.47. The summed E-state index contributed by atoms with van der Waals surface area (Å²) < 4.78 is 12.0. The summed E-state index contributed by atoms with van der Waals surface area (Å²) in [5.74, 6) is 1.23. The fraction of sp³-hybridized carbons (Fsp3) is 0.200. The fourth-order valence-corrected chi connectivity index (χ4v) is 3.35. The first kappa shape index (κ1) is 19.4. The van der Waals surface area contributed by atoms with Gasteiger partial charge in [0.1, 0.15) is 11.5 Å². The Morgan fingerprint density at radius 2 is 1.89 bits per heavy atom. The molecule has 0 unspecified atom stereocenters. The summed E-state index contributed by atoms with van der Waals surface area (Å²) in [5.41, 5.74) is 2.83. The van der Waals surface area contributed by atoms with Gasteiger partial charge in [-0.25, -0.2) is 4.98 Å². The Labute approximate surface area is 170 Å². The van der Waals surface area contributed by atoms with Crippen LogP contribution in [0.2, 0.25) is 0 Å². The number of nitrogens with one attached hydrogen (secondary N) is 1. The fourth-order valence-electron chi connectivity index (χ4n) is 2.36. The maximum Gasteiger partial charge on any atom is 0.264 e. The van der Waals surface area contributed by atoms with E-state index < -0.39 is 0 Å². The van der Waals surface area contributed by atoms with Crippen molar-refractivity contribution >= 4 is 38.3 Å². The highest BCUT2D eigenvalue weighted by atomic mass is 79.9. The van der Waals surface area contributed by atoms with Crippen LogP contribution in [-0.2, 0) is 4.79 Å². The molecule has 0 aliphatic carbocycles. The minimum Gasteiger partial charge on any atom is -0.494 e. The van der Waals surface area contributed by atoms with Gasteiger partial charge in [-0.15, -0.1) is 11.3 Å². The first-order valence-corrected chi connectivity index (χ1v) is 10.1. The van der Waals surface area contributed by atoms with Crippen LogP contribution in [0.15, 0.2) is 52.3 Å². The van der Waals surface area contributed by atoms with Gasteiger partial charge in [0, 0.05) is 15.4 Å². The van der Waals surface area contributed by atoms with Gasteiger partial charge < -0.3 is 9.47 Å². The molecule has 2 aromatic carbocycles. The molecular formula is C20H19BrN2O3S. The lowest BCUT2D eigenvalue weighted by Crippen LogP contribution is -2.20. The van der Waals surface area contributed by atoms with E-state index in [1.165, 1.54) is 11.3 Å². The van der Waals surface area contributed by atoms with Crippen LogP contribution in [0.5, 0.6) is 11.5 Å². The van der Waals surface area contributed by atoms with E-state index in [1.807, 2.05) is 61.7 Å². The van der Waals surface area contributed by atoms with Gasteiger partial charge >= 0.3 is 0 Å². The minimum absolute atomic E-state index is 0.0704. The number of carbonyl (C=O) groups is 1. The van der Waals surface area contributed by atoms with E-state index in [0.717, 1.165) is 27.0 Å². The molecule has 0 bridgehead atoms. The normalized spacial score (nSPS) is 10.5. The Bertz CT molecular complexity index is 925. The van der Waals surface area contributed by atoms with Gasteiger partial charge in [-0.2, -0.15) is 0 Å². The smallest absolute Gasteiger partial charge is 0.264 e. The van der Waals surface area contributed by atoms with Gasteiger partial charge in [-0.05, 0) is 61.9 Å². The van der Waals surface area contributed by atoms with Gasteiger partial charge in [0.05, 0.1) is 12.3 Å². The molecule has 0 spiro atoms. The van der Waals surface area contributed by atoms with Crippen LogP contribution in [0.25, 0.3) is 11.3 Å². The van der Waals surface area contributed by atoms with Gasteiger partial charge in [-0.3, -0.25) is 10.1 Å². The third-order valence-electron chi connectivity index (χ3n) is 3.71. The molecule has 3 aromatic rings. The van der Waals surface area contributed by atoms with E-state index in [4.69, 9.17) is 9.47 Å². The van der Waals surface area contributed by atoms with E-state index in [2.05, 4.69) is 26.2 Å². The first-order chi connectivity index (χ1) is 13.0. The van der Waals surface area contributed by atoms with E-state index in [0.29, 0.717) is 17.5 Å². The van der Waals surface area contributed by atoms with Crippen molar-refractivity contribution in [2.75, 3.05) is 18.5 Å². The molecule has 1 heterocycles. The number of aryl methyl sites for hydroxylation is 1. The van der Waals surface area contributed by atoms with E-state index in [1.54, 1.807) is 0 Å². The molecule has 0 saturated heterocycles. The molecule has 1 N–H and O–H groups in total. The number of benzene rings is 2. The molecule has 7 heteroatoms. The van der Waals surface area contributed by atoms with Crippen molar-refractivity contribution in [3.8, 4) is 22.8 Å². The van der Waals surface area contributed by atoms with Crippen LogP contribution < -0.4 is 14.8 Å². The lowest BCUT2D eigenvalue weighted by Gasteiger charge is -2.07. The third kappa shape index (κ3) is 5.30. The lowest BCUT2D eigenvalue weighted by atomic mass is 10.2. The summed E-state index contributed by atoms with van der Waals surface area (Å²) in [5, 5.41) is 5.22. The molecule has 0 saturated carbocycles. The van der Waals surface area contributed by atoms with E-state index in [-0.39, 0.29) is 12.5 Å². The van der Waals surface area contributed by atoms with Crippen LogP contribution in [0.1, 0.15) is 12.5 Å². The van der Waals surface area contributed by atoms with Gasteiger partial charge in [0.25, 0.3) is 5.91 Å². The number of thiazole rings is 1. The summed E-state index contributed by atoms with van der Waals surface area (Å²) in [6.45, 7) is 4.48. The zero-order valence-electron chi connectivity index (χ0n) is 15.0. The largest absolute Gasteiger partial charge is 0.494 e. The SMILES string of the molecule is CCOc1ccc(-c2csc(NC(=O)COc3ccc(Br)c(C)c3)n2)cc1. The average molecular weight is 447 g/mol. The predicted octanol–water partition coefficient (Wildman–Crippen LogP) is 5.30. The van der Waals surface area contributed by atoms with Crippen molar-refractivity contribution in [3.63, 3.8) is 0 Å². The third-order valence-corrected chi connectivity index (χ3v) is 5.36. The molecule has 140 valence electrons. The standard InChI is InChI=1S/C20H19BrN2O3S/c1-3-25-15-6-4-14(5-7-15)18-12-27-20(22-18)23-19(24)11-26-16-8-9-17(21)13(2)10-16/h4-10,12H,3,11H2,1-2H3,(H,22,23,24). The highest BCUT2D eigenvalue weighted by Crippen LogP contribution is 2.26. The molecule has 0 atom stereocenters. The zero-order chi connectivity index (χ0) is 19.2. The number of anilines is 1. The number of hydrogen-bond donors (Lipinski definition) is 1. The van der Waals surface area contributed by atoms with Crippen molar-refractivity contribution < 1.29 is 14.3 Å². The van der Waals surface area contributed by atoms with Crippen LogP contribution in [0.3, 0.4) is 0 Å². The van der Waals surface area contributed by atoms with Gasteiger partial charge in [0.2, 0.25) is 0 Å². The molecule has 1 aromatic heterocycles. The summed E-state index contributed by atoms with van der Waals surface area (Å²) in [4.78, 5) is 16.6. The van der Waals surface area contributed by atoms with Crippen molar-refractivity contribution in [2.24, 2.45) is 0 Å². The first-order valence-electron chi connectivity index (χ1n) is 8.42. The number of nitrogens with zero attached hydrogens (tertiary/aromatic N) is 1. The number of aromatic nitrogens is 1. The summed E-state index contributed by atoms with van der Waals surface area (Å²) in [6.07, 6.45) is 0. The molecule has 0 fully saturated rings. The summed E-state index contributed by atoms with van der Waals surface area (Å²) in [7, 11) is 0. The van der Waals surface area contributed by atoms with Gasteiger partial charge in [-0.1, -0.05) is 15.9 Å². The number of rotatable bonds is 7. The highest BCUT2D eigenvalue weighted by Gasteiger charge is 2.09. The van der Waals surface area contributed by atoms with Crippen molar-refractivity contribution in [1.82, 2.24) is 4.98 Å². The maximum atomic E-state index is 12.1. The number of ether oxygens (including phenoxy) is 2. The Hall–Kier alpha value is -2.38. The van der Waals surface area contributed by atoms with Crippen LogP contribution in [0.4, 0.5) is 5.13 Å². The highest BCUT2D eigenvalue weighted by molar-refractivity contribution is 9.10. The Morgan fingerprint density at radius 3 is 2.59 bits per heavy atom. The Morgan fingerprint density at radius 1 is 1.15 bits per heavy atom. The van der Waals surface area contributed by atoms with Crippen molar-refractivity contribution in [2.45, 2.75) is 13.8 Å². The lowest BCUT2D eigenvalue weighted by molar-refractivity contribution is -0.118. The van der Waals surface area contributed by atoms with E-state index >= 15 is 0 Å². The second-order valence-corrected chi connectivity index (χ2v) is 7.46.